The number of imidazole rings is 1. The van der Waals surface area contributed by atoms with Gasteiger partial charge in [-0.15, -0.1) is 0 Å². The molecule has 0 spiro atoms. The molecular weight excluding hydrogens is 293 g/mol. The van der Waals surface area contributed by atoms with Gasteiger partial charge in [0.05, 0.1) is 21.1 Å². The van der Waals surface area contributed by atoms with Crippen molar-refractivity contribution >= 4 is 34.2 Å². The average Bonchev–Trinajstić information content (AvgIpc) is 2.93. The van der Waals surface area contributed by atoms with Crippen LogP contribution in [-0.4, -0.2) is 22.1 Å². The first kappa shape index (κ1) is 12.9. The zero-order chi connectivity index (χ0) is 13.7. The van der Waals surface area contributed by atoms with Gasteiger partial charge in [-0.2, -0.15) is 0 Å². The van der Waals surface area contributed by atoms with Crippen molar-refractivity contribution in [2.75, 3.05) is 0 Å². The zero-order valence-electron chi connectivity index (χ0n) is 11.1. The minimum Gasteiger partial charge on any atom is -0.342 e. The molecule has 1 aromatic heterocycles. The number of aromatic amines is 1. The predicted molar refractivity (Wildman–Crippen MR) is 82.5 cm³/mol. The number of nitrogens with one attached hydrogen (secondary N) is 2. The van der Waals surface area contributed by atoms with Crippen molar-refractivity contribution in [3.05, 3.63) is 28.0 Å². The largest absolute Gasteiger partial charge is 0.342 e. The molecule has 5 heteroatoms. The van der Waals surface area contributed by atoms with Crippen molar-refractivity contribution < 1.29 is 0 Å². The van der Waals surface area contributed by atoms with E-state index in [4.69, 9.17) is 23.2 Å². The van der Waals surface area contributed by atoms with E-state index in [1.165, 1.54) is 25.7 Å². The van der Waals surface area contributed by atoms with Gasteiger partial charge in [0.1, 0.15) is 5.82 Å². The van der Waals surface area contributed by atoms with Crippen LogP contribution >= 0.6 is 23.2 Å². The molecule has 0 radical (unpaired) electrons. The van der Waals surface area contributed by atoms with Gasteiger partial charge in [0.25, 0.3) is 0 Å². The molecule has 0 amide bonds. The Morgan fingerprint density at radius 2 is 1.80 bits per heavy atom. The second-order valence-corrected chi connectivity index (χ2v) is 6.96. The van der Waals surface area contributed by atoms with Gasteiger partial charge in [-0.3, -0.25) is 0 Å². The second kappa shape index (κ2) is 4.90. The first-order valence-corrected chi connectivity index (χ1v) is 8.02. The Bertz CT molecular complexity index is 601. The molecule has 1 aromatic carbocycles. The van der Waals surface area contributed by atoms with Crippen molar-refractivity contribution in [3.63, 3.8) is 0 Å². The van der Waals surface area contributed by atoms with E-state index in [0.717, 1.165) is 41.3 Å². The number of fused-ring (bicyclic) bond motifs is 3. The van der Waals surface area contributed by atoms with Crippen LogP contribution in [0.3, 0.4) is 0 Å². The van der Waals surface area contributed by atoms with Gasteiger partial charge in [0.2, 0.25) is 0 Å². The summed E-state index contributed by atoms with van der Waals surface area (Å²) < 4.78 is 0. The lowest BCUT2D eigenvalue weighted by Gasteiger charge is -2.28. The van der Waals surface area contributed by atoms with Crippen LogP contribution in [0.15, 0.2) is 12.1 Å². The Hall–Kier alpha value is -0.770. The topological polar surface area (TPSA) is 40.7 Å². The highest BCUT2D eigenvalue weighted by molar-refractivity contribution is 6.42. The fraction of sp³-hybridized carbons (Fsp3) is 0.533. The normalized spacial score (nSPS) is 29.2. The van der Waals surface area contributed by atoms with Gasteiger partial charge < -0.3 is 10.3 Å². The second-order valence-electron chi connectivity index (χ2n) is 6.15. The number of rotatable bonds is 2. The van der Waals surface area contributed by atoms with Crippen LogP contribution in [0.2, 0.25) is 10.0 Å². The zero-order valence-corrected chi connectivity index (χ0v) is 12.6. The van der Waals surface area contributed by atoms with E-state index in [0.29, 0.717) is 10.0 Å². The van der Waals surface area contributed by atoms with Crippen LogP contribution in [0.25, 0.3) is 11.0 Å². The SMILES string of the molecule is Clc1cc2nc(CC3CC4CCC(C3)N4)[nH]c2cc1Cl. The molecule has 2 N–H and O–H groups in total. The molecule has 2 aliphatic heterocycles. The molecule has 3 nitrogen and oxygen atoms in total. The number of benzene rings is 1. The van der Waals surface area contributed by atoms with Gasteiger partial charge in [-0.25, -0.2) is 4.98 Å². The van der Waals surface area contributed by atoms with Crippen LogP contribution in [0.4, 0.5) is 0 Å². The van der Waals surface area contributed by atoms with Crippen LogP contribution in [-0.2, 0) is 6.42 Å². The summed E-state index contributed by atoms with van der Waals surface area (Å²) >= 11 is 12.1. The minimum absolute atomic E-state index is 0.567. The van der Waals surface area contributed by atoms with Crippen molar-refractivity contribution in [1.82, 2.24) is 15.3 Å². The Kier molecular flexibility index (Phi) is 3.17. The standard InChI is InChI=1S/C15H17Cl2N3/c16-11-6-13-14(7-12(11)17)20-15(19-13)5-8-3-9-1-2-10(4-8)18-9/h6-10,18H,1-5H2,(H,19,20). The highest BCUT2D eigenvalue weighted by Gasteiger charge is 2.33. The molecule has 2 unspecified atom stereocenters. The summed E-state index contributed by atoms with van der Waals surface area (Å²) in [6, 6.07) is 5.16. The van der Waals surface area contributed by atoms with E-state index in [2.05, 4.69) is 15.3 Å². The van der Waals surface area contributed by atoms with Crippen molar-refractivity contribution in [2.45, 2.75) is 44.2 Å². The molecule has 106 valence electrons. The first-order valence-electron chi connectivity index (χ1n) is 7.27. The maximum atomic E-state index is 6.05. The van der Waals surface area contributed by atoms with Gasteiger partial charge >= 0.3 is 0 Å². The third-order valence-electron chi connectivity index (χ3n) is 4.63. The maximum absolute atomic E-state index is 6.05. The number of hydrogen-bond acceptors (Lipinski definition) is 2. The third-order valence-corrected chi connectivity index (χ3v) is 5.35. The quantitative estimate of drug-likeness (QED) is 0.882. The van der Waals surface area contributed by atoms with Crippen LogP contribution in [0.1, 0.15) is 31.5 Å². The van der Waals surface area contributed by atoms with Crippen LogP contribution < -0.4 is 5.32 Å². The Balaban J connectivity index is 1.56. The monoisotopic (exact) mass is 309 g/mol. The van der Waals surface area contributed by atoms with E-state index in [1.807, 2.05) is 12.1 Å². The van der Waals surface area contributed by atoms with Crippen LogP contribution in [0, 0.1) is 5.92 Å². The predicted octanol–water partition coefficient (Wildman–Crippen LogP) is 3.94. The highest BCUT2D eigenvalue weighted by atomic mass is 35.5. The summed E-state index contributed by atoms with van der Waals surface area (Å²) in [6.07, 6.45) is 6.25. The molecule has 2 saturated heterocycles. The fourth-order valence-corrected chi connectivity index (χ4v) is 4.09. The van der Waals surface area contributed by atoms with Crippen molar-refractivity contribution in [2.24, 2.45) is 5.92 Å². The summed E-state index contributed by atoms with van der Waals surface area (Å²) in [5.74, 6) is 1.80. The molecular formula is C15H17Cl2N3. The van der Waals surface area contributed by atoms with Gasteiger partial charge in [-0.1, -0.05) is 23.2 Å². The molecule has 2 aliphatic rings. The maximum Gasteiger partial charge on any atom is 0.107 e. The van der Waals surface area contributed by atoms with E-state index >= 15 is 0 Å². The van der Waals surface area contributed by atoms with E-state index in [9.17, 15) is 0 Å². The van der Waals surface area contributed by atoms with Gasteiger partial charge in [0, 0.05) is 18.5 Å². The van der Waals surface area contributed by atoms with Crippen LogP contribution in [0.5, 0.6) is 0 Å². The summed E-state index contributed by atoms with van der Waals surface area (Å²) in [6.45, 7) is 0. The molecule has 0 aliphatic carbocycles. The van der Waals surface area contributed by atoms with E-state index in [-0.39, 0.29) is 0 Å². The lowest BCUT2D eigenvalue weighted by molar-refractivity contribution is 0.295. The molecule has 2 fully saturated rings. The minimum atomic E-state index is 0.567. The Morgan fingerprint density at radius 3 is 2.55 bits per heavy atom. The summed E-state index contributed by atoms with van der Waals surface area (Å²) in [4.78, 5) is 8.05. The number of H-pyrrole nitrogens is 1. The van der Waals surface area contributed by atoms with E-state index in [1.54, 1.807) is 0 Å². The van der Waals surface area contributed by atoms with Gasteiger partial charge in [-0.05, 0) is 43.7 Å². The number of hydrogen-bond donors (Lipinski definition) is 2. The highest BCUT2D eigenvalue weighted by Crippen LogP contribution is 2.33. The van der Waals surface area contributed by atoms with E-state index < -0.39 is 0 Å². The smallest absolute Gasteiger partial charge is 0.107 e. The summed E-state index contributed by atoms with van der Waals surface area (Å²) in [7, 11) is 0. The third kappa shape index (κ3) is 2.32. The molecule has 0 saturated carbocycles. The fourth-order valence-electron chi connectivity index (χ4n) is 3.77. The molecule has 2 bridgehead atoms. The number of aromatic nitrogens is 2. The molecule has 3 heterocycles. The Morgan fingerprint density at radius 1 is 1.10 bits per heavy atom. The molecule has 4 rings (SSSR count). The average molecular weight is 310 g/mol. The molecule has 20 heavy (non-hydrogen) atoms. The first-order chi connectivity index (χ1) is 9.67. The number of piperidine rings is 1. The van der Waals surface area contributed by atoms with Gasteiger partial charge in [0.15, 0.2) is 0 Å². The number of halogens is 2. The van der Waals surface area contributed by atoms with Crippen molar-refractivity contribution in [3.8, 4) is 0 Å². The van der Waals surface area contributed by atoms with Crippen molar-refractivity contribution in [1.29, 1.82) is 0 Å². The number of nitrogens with zero attached hydrogens (tertiary/aromatic N) is 1. The lowest BCUT2D eigenvalue weighted by atomic mass is 9.89. The molecule has 2 atom stereocenters. The summed E-state index contributed by atoms with van der Waals surface area (Å²) in [5, 5.41) is 4.83. The Labute approximate surface area is 128 Å². The lowest BCUT2D eigenvalue weighted by Crippen LogP contribution is -2.38. The molecule has 2 aromatic rings. The summed E-state index contributed by atoms with van der Waals surface area (Å²) in [5.41, 5.74) is 1.89.